The van der Waals surface area contributed by atoms with Crippen molar-refractivity contribution in [2.45, 2.75) is 63.5 Å². The Hall–Kier alpha value is -2.22. The highest BCUT2D eigenvalue weighted by Crippen LogP contribution is 2.30. The fourth-order valence-electron chi connectivity index (χ4n) is 4.58. The van der Waals surface area contributed by atoms with Crippen LogP contribution in [0.4, 0.5) is 11.8 Å². The van der Waals surface area contributed by atoms with Gasteiger partial charge in [0.05, 0.1) is 0 Å². The molecule has 1 atom stereocenters. The van der Waals surface area contributed by atoms with E-state index in [0.29, 0.717) is 24.2 Å². The third kappa shape index (κ3) is 4.27. The van der Waals surface area contributed by atoms with Crippen molar-refractivity contribution in [3.63, 3.8) is 0 Å². The number of amides is 2. The summed E-state index contributed by atoms with van der Waals surface area (Å²) in [4.78, 5) is 35.1. The maximum Gasteiger partial charge on any atom is 0.224 e. The van der Waals surface area contributed by atoms with E-state index in [1.165, 1.54) is 0 Å². The maximum absolute atomic E-state index is 12.1. The SMILES string of the molecule is O=CN(c1nc(NC2CCNCC2)ncc1C[C@@H]1CCNC1=O)C1CCCC1. The molecule has 152 valence electrons. The summed E-state index contributed by atoms with van der Waals surface area (Å²) in [7, 11) is 0. The molecular formula is C20H30N6O2. The molecule has 2 aliphatic heterocycles. The van der Waals surface area contributed by atoms with Gasteiger partial charge in [-0.1, -0.05) is 12.8 Å². The van der Waals surface area contributed by atoms with Crippen LogP contribution in [0.15, 0.2) is 6.20 Å². The highest BCUT2D eigenvalue weighted by molar-refractivity contribution is 5.82. The molecule has 3 fully saturated rings. The minimum absolute atomic E-state index is 0.0670. The van der Waals surface area contributed by atoms with Crippen LogP contribution in [0, 0.1) is 5.92 Å². The van der Waals surface area contributed by atoms with Crippen LogP contribution in [0.25, 0.3) is 0 Å². The smallest absolute Gasteiger partial charge is 0.224 e. The van der Waals surface area contributed by atoms with E-state index in [1.807, 2.05) is 6.20 Å². The summed E-state index contributed by atoms with van der Waals surface area (Å²) >= 11 is 0. The summed E-state index contributed by atoms with van der Waals surface area (Å²) in [6.45, 7) is 2.69. The van der Waals surface area contributed by atoms with Crippen LogP contribution in [0.2, 0.25) is 0 Å². The summed E-state index contributed by atoms with van der Waals surface area (Å²) < 4.78 is 0. The largest absolute Gasteiger partial charge is 0.356 e. The van der Waals surface area contributed by atoms with Crippen molar-refractivity contribution < 1.29 is 9.59 Å². The topological polar surface area (TPSA) is 99.2 Å². The molecule has 0 aromatic carbocycles. The molecular weight excluding hydrogens is 356 g/mol. The van der Waals surface area contributed by atoms with Gasteiger partial charge in [-0.2, -0.15) is 4.98 Å². The fraction of sp³-hybridized carbons (Fsp3) is 0.700. The second-order valence-electron chi connectivity index (χ2n) is 8.14. The van der Waals surface area contributed by atoms with Gasteiger partial charge in [0.25, 0.3) is 0 Å². The highest BCUT2D eigenvalue weighted by atomic mass is 16.2. The van der Waals surface area contributed by atoms with Gasteiger partial charge in [0.1, 0.15) is 5.82 Å². The van der Waals surface area contributed by atoms with Crippen molar-refractivity contribution in [3.8, 4) is 0 Å². The Morgan fingerprint density at radius 1 is 1.14 bits per heavy atom. The van der Waals surface area contributed by atoms with E-state index in [4.69, 9.17) is 4.98 Å². The minimum Gasteiger partial charge on any atom is -0.356 e. The van der Waals surface area contributed by atoms with E-state index in [2.05, 4.69) is 20.9 Å². The van der Waals surface area contributed by atoms with Gasteiger partial charge in [-0.15, -0.1) is 0 Å². The molecule has 1 saturated carbocycles. The number of anilines is 2. The Kier molecular flexibility index (Phi) is 6.04. The average Bonchev–Trinajstić information content (AvgIpc) is 3.38. The molecule has 1 aliphatic carbocycles. The van der Waals surface area contributed by atoms with Gasteiger partial charge < -0.3 is 16.0 Å². The molecule has 8 heteroatoms. The van der Waals surface area contributed by atoms with Gasteiger partial charge in [0, 0.05) is 36.3 Å². The summed E-state index contributed by atoms with van der Waals surface area (Å²) in [6.07, 6.45) is 10.5. The van der Waals surface area contributed by atoms with E-state index in [0.717, 1.165) is 76.6 Å². The second kappa shape index (κ2) is 8.86. The van der Waals surface area contributed by atoms with Crippen LogP contribution in [0.5, 0.6) is 0 Å². The first kappa shape index (κ1) is 19.1. The Labute approximate surface area is 165 Å². The molecule has 0 bridgehead atoms. The number of piperidine rings is 1. The molecule has 8 nitrogen and oxygen atoms in total. The Morgan fingerprint density at radius 3 is 2.61 bits per heavy atom. The molecule has 1 aromatic heterocycles. The summed E-state index contributed by atoms with van der Waals surface area (Å²) in [6, 6.07) is 0.534. The first-order chi connectivity index (χ1) is 13.7. The zero-order chi connectivity index (χ0) is 19.3. The molecule has 2 saturated heterocycles. The van der Waals surface area contributed by atoms with Crippen molar-refractivity contribution in [3.05, 3.63) is 11.8 Å². The quantitative estimate of drug-likeness (QED) is 0.610. The Bertz CT molecular complexity index is 700. The van der Waals surface area contributed by atoms with Gasteiger partial charge in [-0.05, 0) is 51.6 Å². The van der Waals surface area contributed by atoms with Crippen LogP contribution in [-0.4, -0.2) is 54.0 Å². The molecule has 1 aromatic rings. The lowest BCUT2D eigenvalue weighted by molar-refractivity contribution is -0.122. The average molecular weight is 387 g/mol. The third-order valence-corrected chi connectivity index (χ3v) is 6.22. The van der Waals surface area contributed by atoms with E-state index in [1.54, 1.807) is 4.90 Å². The monoisotopic (exact) mass is 386 g/mol. The summed E-state index contributed by atoms with van der Waals surface area (Å²) in [5.74, 6) is 1.27. The van der Waals surface area contributed by atoms with Crippen molar-refractivity contribution in [1.82, 2.24) is 20.6 Å². The van der Waals surface area contributed by atoms with E-state index in [9.17, 15) is 9.59 Å². The van der Waals surface area contributed by atoms with Crippen molar-refractivity contribution in [2.24, 2.45) is 5.92 Å². The molecule has 28 heavy (non-hydrogen) atoms. The number of hydrogen-bond acceptors (Lipinski definition) is 6. The van der Waals surface area contributed by atoms with E-state index in [-0.39, 0.29) is 17.9 Å². The molecule has 3 N–H and O–H groups in total. The number of carbonyl (C=O) groups excluding carboxylic acids is 2. The second-order valence-corrected chi connectivity index (χ2v) is 8.14. The summed E-state index contributed by atoms with van der Waals surface area (Å²) in [5, 5.41) is 9.69. The fourth-order valence-corrected chi connectivity index (χ4v) is 4.58. The standard InChI is InChI=1S/C20H30N6O2/c27-13-26(17-3-1-2-4-17)18-15(11-14-5-10-22-19(14)28)12-23-20(25-18)24-16-6-8-21-9-7-16/h12-14,16-17,21H,1-11H2,(H,22,28)(H,23,24,25)/t14-/m0/s1. The van der Waals surface area contributed by atoms with Gasteiger partial charge in [-0.25, -0.2) is 4.98 Å². The van der Waals surface area contributed by atoms with Gasteiger partial charge in [-0.3, -0.25) is 14.5 Å². The lowest BCUT2D eigenvalue weighted by Gasteiger charge is -2.28. The van der Waals surface area contributed by atoms with Gasteiger partial charge in [0.15, 0.2) is 0 Å². The van der Waals surface area contributed by atoms with Crippen LogP contribution >= 0.6 is 0 Å². The normalized spacial score (nSPS) is 23.6. The number of aromatic nitrogens is 2. The minimum atomic E-state index is -0.0670. The van der Waals surface area contributed by atoms with Crippen LogP contribution in [0.1, 0.15) is 50.5 Å². The van der Waals surface area contributed by atoms with E-state index >= 15 is 0 Å². The van der Waals surface area contributed by atoms with Crippen molar-refractivity contribution >= 4 is 24.1 Å². The van der Waals surface area contributed by atoms with Crippen LogP contribution < -0.4 is 20.9 Å². The predicted molar refractivity (Wildman–Crippen MR) is 107 cm³/mol. The Balaban J connectivity index is 1.59. The third-order valence-electron chi connectivity index (χ3n) is 6.22. The molecule has 0 unspecified atom stereocenters. The highest BCUT2D eigenvalue weighted by Gasteiger charge is 2.30. The van der Waals surface area contributed by atoms with Gasteiger partial charge in [0.2, 0.25) is 18.3 Å². The molecule has 3 aliphatic rings. The van der Waals surface area contributed by atoms with E-state index < -0.39 is 0 Å². The zero-order valence-corrected chi connectivity index (χ0v) is 16.3. The number of hydrogen-bond donors (Lipinski definition) is 3. The molecule has 4 rings (SSSR count). The van der Waals surface area contributed by atoms with Gasteiger partial charge >= 0.3 is 0 Å². The lowest BCUT2D eigenvalue weighted by atomic mass is 9.99. The predicted octanol–water partition coefficient (Wildman–Crippen LogP) is 1.22. The summed E-state index contributed by atoms with van der Waals surface area (Å²) in [5.41, 5.74) is 0.886. The maximum atomic E-state index is 12.1. The van der Waals surface area contributed by atoms with Crippen molar-refractivity contribution in [1.29, 1.82) is 0 Å². The number of nitrogens with zero attached hydrogens (tertiary/aromatic N) is 3. The molecule has 0 radical (unpaired) electrons. The zero-order valence-electron chi connectivity index (χ0n) is 16.3. The number of rotatable bonds is 7. The lowest BCUT2D eigenvalue weighted by Crippen LogP contribution is -2.36. The first-order valence-corrected chi connectivity index (χ1v) is 10.6. The number of carbonyl (C=O) groups is 2. The van der Waals surface area contributed by atoms with Crippen LogP contribution in [0.3, 0.4) is 0 Å². The molecule has 0 spiro atoms. The van der Waals surface area contributed by atoms with Crippen LogP contribution in [-0.2, 0) is 16.0 Å². The Morgan fingerprint density at radius 2 is 1.93 bits per heavy atom. The number of nitrogens with one attached hydrogen (secondary N) is 3. The first-order valence-electron chi connectivity index (χ1n) is 10.6. The molecule has 2 amide bonds. The van der Waals surface area contributed by atoms with Crippen molar-refractivity contribution in [2.75, 3.05) is 29.9 Å². The molecule has 3 heterocycles.